The van der Waals surface area contributed by atoms with Crippen molar-refractivity contribution in [1.29, 1.82) is 0 Å². The van der Waals surface area contributed by atoms with Gasteiger partial charge in [-0.1, -0.05) is 11.6 Å². The van der Waals surface area contributed by atoms with Gasteiger partial charge in [0.2, 0.25) is 0 Å². The van der Waals surface area contributed by atoms with E-state index in [2.05, 4.69) is 10.2 Å². The molecule has 1 heterocycles. The first-order valence-corrected chi connectivity index (χ1v) is 8.16. The zero-order chi connectivity index (χ0) is 15.2. The molecular formula is C12H13ClN4O3S. The zero-order valence-electron chi connectivity index (χ0n) is 11.2. The van der Waals surface area contributed by atoms with Gasteiger partial charge in [-0.15, -0.1) is 10.2 Å². The Morgan fingerprint density at radius 1 is 1.38 bits per heavy atom. The van der Waals surface area contributed by atoms with Gasteiger partial charge >= 0.3 is 0 Å². The molecule has 0 unspecified atom stereocenters. The third kappa shape index (κ3) is 2.61. The van der Waals surface area contributed by atoms with Gasteiger partial charge in [0.25, 0.3) is 15.2 Å². The molecule has 0 atom stereocenters. The minimum Gasteiger partial charge on any atom is -0.496 e. The first-order chi connectivity index (χ1) is 9.91. The summed E-state index contributed by atoms with van der Waals surface area (Å²) in [6, 6.07) is 5.09. The maximum Gasteiger partial charge on any atom is 0.273 e. The normalized spacial score (nSPS) is 15.2. The van der Waals surface area contributed by atoms with Crippen LogP contribution >= 0.6 is 11.6 Å². The molecule has 2 N–H and O–H groups in total. The van der Waals surface area contributed by atoms with Crippen molar-refractivity contribution in [3.63, 3.8) is 0 Å². The highest BCUT2D eigenvalue weighted by Gasteiger charge is 2.34. The van der Waals surface area contributed by atoms with Crippen molar-refractivity contribution in [3.05, 3.63) is 23.2 Å². The highest BCUT2D eigenvalue weighted by Crippen LogP contribution is 2.41. The summed E-state index contributed by atoms with van der Waals surface area (Å²) in [5.74, 6) is 0.910. The van der Waals surface area contributed by atoms with Crippen molar-refractivity contribution in [2.24, 2.45) is 5.14 Å². The fourth-order valence-corrected chi connectivity index (χ4v) is 2.99. The average Bonchev–Trinajstić information content (AvgIpc) is 3.16. The van der Waals surface area contributed by atoms with E-state index in [-0.39, 0.29) is 11.2 Å². The Balaban J connectivity index is 2.22. The summed E-state index contributed by atoms with van der Waals surface area (Å²) in [4.78, 5) is 0. The largest absolute Gasteiger partial charge is 0.496 e. The van der Waals surface area contributed by atoms with Crippen LogP contribution in [0.3, 0.4) is 0 Å². The predicted octanol–water partition coefficient (Wildman–Crippen LogP) is 1.59. The van der Waals surface area contributed by atoms with E-state index in [1.54, 1.807) is 22.8 Å². The summed E-state index contributed by atoms with van der Waals surface area (Å²) in [5.41, 5.74) is 0.621. The van der Waals surface area contributed by atoms with Crippen LogP contribution < -0.4 is 9.88 Å². The smallest absolute Gasteiger partial charge is 0.273 e. The van der Waals surface area contributed by atoms with E-state index >= 15 is 0 Å². The number of hydrogen-bond acceptors (Lipinski definition) is 5. The lowest BCUT2D eigenvalue weighted by Crippen LogP contribution is -2.18. The zero-order valence-corrected chi connectivity index (χ0v) is 12.7. The summed E-state index contributed by atoms with van der Waals surface area (Å²) in [6.07, 6.45) is 1.73. The SMILES string of the molecule is COc1cc(Cl)ccc1-c1nnc(S(N)(=O)=O)n1C1CC1. The Morgan fingerprint density at radius 2 is 2.10 bits per heavy atom. The minimum absolute atomic E-state index is 0.0451. The Morgan fingerprint density at radius 3 is 2.67 bits per heavy atom. The lowest BCUT2D eigenvalue weighted by atomic mass is 10.2. The summed E-state index contributed by atoms with van der Waals surface area (Å²) in [7, 11) is -2.42. The van der Waals surface area contributed by atoms with E-state index < -0.39 is 10.0 Å². The number of nitrogens with zero attached hydrogens (tertiary/aromatic N) is 3. The second-order valence-electron chi connectivity index (χ2n) is 4.80. The lowest BCUT2D eigenvalue weighted by Gasteiger charge is -2.11. The first kappa shape index (κ1) is 14.3. The summed E-state index contributed by atoms with van der Waals surface area (Å²) < 4.78 is 30.1. The first-order valence-electron chi connectivity index (χ1n) is 6.23. The Kier molecular flexibility index (Phi) is 3.39. The fourth-order valence-electron chi connectivity index (χ4n) is 2.17. The van der Waals surface area contributed by atoms with Gasteiger partial charge in [0.1, 0.15) is 5.75 Å². The highest BCUT2D eigenvalue weighted by molar-refractivity contribution is 7.89. The molecule has 0 spiro atoms. The Bertz CT molecular complexity index is 799. The monoisotopic (exact) mass is 328 g/mol. The Hall–Kier alpha value is -1.64. The van der Waals surface area contributed by atoms with Crippen molar-refractivity contribution in [2.75, 3.05) is 7.11 Å². The topological polar surface area (TPSA) is 100 Å². The molecule has 21 heavy (non-hydrogen) atoms. The number of halogens is 1. The molecule has 1 aliphatic rings. The van der Waals surface area contributed by atoms with Crippen LogP contribution in [0.2, 0.25) is 5.02 Å². The van der Waals surface area contributed by atoms with Gasteiger partial charge in [-0.25, -0.2) is 13.6 Å². The van der Waals surface area contributed by atoms with E-state index in [1.807, 2.05) is 0 Å². The van der Waals surface area contributed by atoms with Gasteiger partial charge in [0.15, 0.2) is 5.82 Å². The molecule has 112 valence electrons. The lowest BCUT2D eigenvalue weighted by molar-refractivity contribution is 0.415. The number of rotatable bonds is 4. The molecule has 1 aliphatic carbocycles. The quantitative estimate of drug-likeness (QED) is 0.918. The Labute approximate surface area is 126 Å². The van der Waals surface area contributed by atoms with E-state index in [0.717, 1.165) is 12.8 Å². The number of aromatic nitrogens is 3. The molecule has 0 radical (unpaired) electrons. The van der Waals surface area contributed by atoms with Gasteiger partial charge < -0.3 is 4.74 Å². The molecule has 1 aromatic carbocycles. The molecular weight excluding hydrogens is 316 g/mol. The van der Waals surface area contributed by atoms with Crippen LogP contribution in [0.1, 0.15) is 18.9 Å². The molecule has 0 amide bonds. The third-order valence-electron chi connectivity index (χ3n) is 3.24. The highest BCUT2D eigenvalue weighted by atomic mass is 35.5. The van der Waals surface area contributed by atoms with Crippen LogP contribution in [-0.2, 0) is 10.0 Å². The number of nitrogens with two attached hydrogens (primary N) is 1. The second-order valence-corrected chi connectivity index (χ2v) is 6.69. The molecule has 0 aliphatic heterocycles. The number of ether oxygens (including phenoxy) is 1. The third-order valence-corrected chi connectivity index (χ3v) is 4.26. The minimum atomic E-state index is -3.93. The van der Waals surface area contributed by atoms with E-state index in [9.17, 15) is 8.42 Å². The molecule has 1 fully saturated rings. The maximum absolute atomic E-state index is 11.6. The molecule has 0 bridgehead atoms. The van der Waals surface area contributed by atoms with Crippen molar-refractivity contribution in [2.45, 2.75) is 24.0 Å². The number of primary sulfonamides is 1. The van der Waals surface area contributed by atoms with Gasteiger partial charge in [0.05, 0.1) is 12.7 Å². The van der Waals surface area contributed by atoms with Gasteiger partial charge in [-0.05, 0) is 31.0 Å². The molecule has 2 aromatic rings. The van der Waals surface area contributed by atoms with E-state index in [1.165, 1.54) is 7.11 Å². The predicted molar refractivity (Wildman–Crippen MR) is 76.7 cm³/mol. The number of methoxy groups -OCH3 is 1. The van der Waals surface area contributed by atoms with Crippen molar-refractivity contribution in [3.8, 4) is 17.1 Å². The number of sulfonamides is 1. The summed E-state index contributed by atoms with van der Waals surface area (Å²) in [6.45, 7) is 0. The molecule has 9 heteroatoms. The standard InChI is InChI=1S/C12H13ClN4O3S/c1-20-10-6-7(13)2-5-9(10)11-15-16-12(21(14,18)19)17(11)8-3-4-8/h2,5-6,8H,3-4H2,1H3,(H2,14,18,19). The van der Waals surface area contributed by atoms with Gasteiger partial charge in [0, 0.05) is 11.1 Å². The molecule has 3 rings (SSSR count). The van der Waals surface area contributed by atoms with Crippen molar-refractivity contribution in [1.82, 2.24) is 14.8 Å². The number of benzene rings is 1. The van der Waals surface area contributed by atoms with Crippen molar-refractivity contribution >= 4 is 21.6 Å². The van der Waals surface area contributed by atoms with Gasteiger partial charge in [-0.2, -0.15) is 0 Å². The molecule has 1 aromatic heterocycles. The summed E-state index contributed by atoms with van der Waals surface area (Å²) in [5, 5.41) is 13.2. The van der Waals surface area contributed by atoms with Crippen LogP contribution in [-0.4, -0.2) is 30.3 Å². The molecule has 1 saturated carbocycles. The molecule has 7 nitrogen and oxygen atoms in total. The maximum atomic E-state index is 11.6. The van der Waals surface area contributed by atoms with Crippen LogP contribution in [0.15, 0.2) is 23.4 Å². The molecule has 0 saturated heterocycles. The van der Waals surface area contributed by atoms with Crippen LogP contribution in [0.25, 0.3) is 11.4 Å². The summed E-state index contributed by atoms with van der Waals surface area (Å²) >= 11 is 5.94. The van der Waals surface area contributed by atoms with Crippen LogP contribution in [0, 0.1) is 0 Å². The van der Waals surface area contributed by atoms with Crippen LogP contribution in [0.5, 0.6) is 5.75 Å². The van der Waals surface area contributed by atoms with E-state index in [0.29, 0.717) is 22.2 Å². The average molecular weight is 329 g/mol. The second kappa shape index (κ2) is 4.97. The van der Waals surface area contributed by atoms with E-state index in [4.69, 9.17) is 21.5 Å². The van der Waals surface area contributed by atoms with Crippen molar-refractivity contribution < 1.29 is 13.2 Å². The van der Waals surface area contributed by atoms with Gasteiger partial charge in [-0.3, -0.25) is 4.57 Å². The number of hydrogen-bond donors (Lipinski definition) is 1. The fraction of sp³-hybridized carbons (Fsp3) is 0.333. The van der Waals surface area contributed by atoms with Crippen LogP contribution in [0.4, 0.5) is 0 Å².